The van der Waals surface area contributed by atoms with Gasteiger partial charge in [-0.25, -0.2) is 0 Å². The first-order valence-corrected chi connectivity index (χ1v) is 7.19. The van der Waals surface area contributed by atoms with E-state index in [0.29, 0.717) is 12.0 Å². The van der Waals surface area contributed by atoms with Crippen LogP contribution < -0.4 is 11.5 Å². The highest BCUT2D eigenvalue weighted by Gasteiger charge is 2.34. The summed E-state index contributed by atoms with van der Waals surface area (Å²) in [7, 11) is 0. The second-order valence-corrected chi connectivity index (χ2v) is 5.14. The number of hydrogen-bond acceptors (Lipinski definition) is 1. The summed E-state index contributed by atoms with van der Waals surface area (Å²) in [6.45, 7) is 3.54. The zero-order chi connectivity index (χ0) is 17.6. The molecule has 0 saturated carbocycles. The van der Waals surface area contributed by atoms with Crippen LogP contribution >= 0.6 is 0 Å². The first-order chi connectivity index (χ1) is 10.7. The third-order valence-electron chi connectivity index (χ3n) is 3.18. The Balaban J connectivity index is 3.33. The van der Waals surface area contributed by atoms with Gasteiger partial charge in [-0.2, -0.15) is 18.2 Å². The number of amides is 1. The summed E-state index contributed by atoms with van der Waals surface area (Å²) in [6, 6.07) is 2.12. The first-order valence-electron chi connectivity index (χ1n) is 7.19. The van der Waals surface area contributed by atoms with Gasteiger partial charge in [0.1, 0.15) is 0 Å². The lowest BCUT2D eigenvalue weighted by atomic mass is 9.97. The number of carbonyl (C=O) groups excluding carboxylic acids is 1. The fourth-order valence-electron chi connectivity index (χ4n) is 2.05. The summed E-state index contributed by atoms with van der Waals surface area (Å²) in [5.74, 6) is -1.39. The smallest absolute Gasteiger partial charge is 0.370 e. The van der Waals surface area contributed by atoms with Gasteiger partial charge in [0.15, 0.2) is 5.96 Å². The van der Waals surface area contributed by atoms with Crippen LogP contribution in [0.1, 0.15) is 53.2 Å². The van der Waals surface area contributed by atoms with Crippen molar-refractivity contribution in [3.63, 3.8) is 0 Å². The average molecular weight is 327 g/mol. The zero-order valence-corrected chi connectivity index (χ0v) is 13.1. The van der Waals surface area contributed by atoms with E-state index in [0.717, 1.165) is 18.9 Å². The SMILES string of the molecule is CCCCC=Cc1cc(C)c(C(=O)N=C(N)N)cc1C(F)(F)F. The molecule has 0 saturated heterocycles. The van der Waals surface area contributed by atoms with Gasteiger partial charge in [0.05, 0.1) is 5.56 Å². The van der Waals surface area contributed by atoms with E-state index in [1.807, 2.05) is 6.92 Å². The van der Waals surface area contributed by atoms with Gasteiger partial charge in [-0.1, -0.05) is 38.0 Å². The number of unbranched alkanes of at least 4 members (excludes halogenated alkanes) is 2. The van der Waals surface area contributed by atoms with Crippen molar-refractivity contribution in [2.45, 2.75) is 39.3 Å². The van der Waals surface area contributed by atoms with E-state index in [4.69, 9.17) is 11.5 Å². The molecule has 0 spiro atoms. The molecule has 0 bridgehead atoms. The number of guanidine groups is 1. The highest BCUT2D eigenvalue weighted by molar-refractivity contribution is 6.03. The molecule has 0 aliphatic carbocycles. The maximum atomic E-state index is 13.2. The van der Waals surface area contributed by atoms with Gasteiger partial charge in [0.2, 0.25) is 0 Å². The molecule has 1 rings (SSSR count). The molecule has 1 amide bonds. The van der Waals surface area contributed by atoms with Crippen molar-refractivity contribution >= 4 is 17.9 Å². The van der Waals surface area contributed by atoms with Crippen molar-refractivity contribution in [2.75, 3.05) is 0 Å². The molecule has 4 nitrogen and oxygen atoms in total. The Labute approximate surface area is 133 Å². The Bertz CT molecular complexity index is 630. The Morgan fingerprint density at radius 2 is 1.96 bits per heavy atom. The molecule has 7 heteroatoms. The number of aliphatic imine (C=N–C) groups is 1. The van der Waals surface area contributed by atoms with Crippen LogP contribution in [-0.4, -0.2) is 11.9 Å². The summed E-state index contributed by atoms with van der Waals surface area (Å²) in [5, 5.41) is 0. The minimum atomic E-state index is -4.58. The molecule has 0 unspecified atom stereocenters. The fourth-order valence-corrected chi connectivity index (χ4v) is 2.05. The van der Waals surface area contributed by atoms with Crippen LogP contribution in [0.2, 0.25) is 0 Å². The van der Waals surface area contributed by atoms with Crippen LogP contribution in [0.25, 0.3) is 6.08 Å². The van der Waals surface area contributed by atoms with Gasteiger partial charge in [0, 0.05) is 5.56 Å². The van der Waals surface area contributed by atoms with Gasteiger partial charge in [-0.3, -0.25) is 4.79 Å². The minimum Gasteiger partial charge on any atom is -0.370 e. The van der Waals surface area contributed by atoms with Crippen molar-refractivity contribution in [1.29, 1.82) is 0 Å². The summed E-state index contributed by atoms with van der Waals surface area (Å²) in [6.07, 6.45) is 1.11. The zero-order valence-electron chi connectivity index (χ0n) is 13.1. The molecule has 0 radical (unpaired) electrons. The van der Waals surface area contributed by atoms with Gasteiger partial charge >= 0.3 is 6.18 Å². The van der Waals surface area contributed by atoms with Crippen LogP contribution in [0.15, 0.2) is 23.2 Å². The largest absolute Gasteiger partial charge is 0.417 e. The highest BCUT2D eigenvalue weighted by Crippen LogP contribution is 2.34. The average Bonchev–Trinajstić information content (AvgIpc) is 2.41. The number of nitrogens with two attached hydrogens (primary N) is 2. The van der Waals surface area contributed by atoms with Crippen molar-refractivity contribution in [3.05, 3.63) is 40.5 Å². The number of carbonyl (C=O) groups is 1. The molecule has 4 N–H and O–H groups in total. The third kappa shape index (κ3) is 5.43. The molecule has 23 heavy (non-hydrogen) atoms. The van der Waals surface area contributed by atoms with Crippen LogP contribution in [0.4, 0.5) is 13.2 Å². The molecule has 0 atom stereocenters. The second-order valence-electron chi connectivity index (χ2n) is 5.14. The van der Waals surface area contributed by atoms with E-state index in [9.17, 15) is 18.0 Å². The maximum absolute atomic E-state index is 13.2. The molecule has 1 aromatic carbocycles. The van der Waals surface area contributed by atoms with E-state index < -0.39 is 23.6 Å². The summed E-state index contributed by atoms with van der Waals surface area (Å²) in [4.78, 5) is 15.1. The summed E-state index contributed by atoms with van der Waals surface area (Å²) < 4.78 is 39.7. The lowest BCUT2D eigenvalue weighted by Gasteiger charge is -2.13. The normalized spacial score (nSPS) is 11.7. The molecule has 0 aromatic heterocycles. The molecular weight excluding hydrogens is 307 g/mol. The van der Waals surface area contributed by atoms with Crippen molar-refractivity contribution in [3.8, 4) is 0 Å². The van der Waals surface area contributed by atoms with Gasteiger partial charge in [-0.05, 0) is 30.5 Å². The number of rotatable bonds is 5. The van der Waals surface area contributed by atoms with Gasteiger partial charge < -0.3 is 11.5 Å². The number of halogens is 3. The lowest BCUT2D eigenvalue weighted by molar-refractivity contribution is -0.137. The predicted octanol–water partition coefficient (Wildman–Crippen LogP) is 3.63. The Morgan fingerprint density at radius 1 is 1.30 bits per heavy atom. The van der Waals surface area contributed by atoms with E-state index in [1.165, 1.54) is 12.1 Å². The van der Waals surface area contributed by atoms with E-state index in [1.54, 1.807) is 13.0 Å². The number of hydrogen-bond donors (Lipinski definition) is 2. The number of allylic oxidation sites excluding steroid dienone is 1. The van der Waals surface area contributed by atoms with Crippen LogP contribution in [0.5, 0.6) is 0 Å². The Kier molecular flexibility index (Phi) is 6.36. The molecule has 0 fully saturated rings. The second kappa shape index (κ2) is 7.80. The number of benzene rings is 1. The Morgan fingerprint density at radius 3 is 2.48 bits per heavy atom. The highest BCUT2D eigenvalue weighted by atomic mass is 19.4. The standard InChI is InChI=1S/C16H20F3N3O/c1-3-4-5-6-7-11-8-10(2)12(14(23)22-15(20)21)9-13(11)16(17,18)19/h6-9H,3-5H2,1-2H3,(H4,20,21,22,23). The van der Waals surface area contributed by atoms with E-state index in [2.05, 4.69) is 4.99 Å². The maximum Gasteiger partial charge on any atom is 0.417 e. The summed E-state index contributed by atoms with van der Waals surface area (Å²) in [5.41, 5.74) is 9.55. The molecule has 0 aliphatic rings. The lowest BCUT2D eigenvalue weighted by Crippen LogP contribution is -2.24. The van der Waals surface area contributed by atoms with Crippen LogP contribution in [-0.2, 0) is 6.18 Å². The Hall–Kier alpha value is -2.31. The van der Waals surface area contributed by atoms with Crippen molar-refractivity contribution in [1.82, 2.24) is 0 Å². The molecule has 1 aromatic rings. The van der Waals surface area contributed by atoms with E-state index in [-0.39, 0.29) is 11.1 Å². The first kappa shape index (κ1) is 18.7. The third-order valence-corrected chi connectivity index (χ3v) is 3.18. The molecule has 0 aliphatic heterocycles. The molecular formula is C16H20F3N3O. The number of aryl methyl sites for hydroxylation is 1. The quantitative estimate of drug-likeness (QED) is 0.492. The minimum absolute atomic E-state index is 0.0207. The number of alkyl halides is 3. The number of nitrogens with zero attached hydrogens (tertiary/aromatic N) is 1. The monoisotopic (exact) mass is 327 g/mol. The fraction of sp³-hybridized carbons (Fsp3) is 0.375. The van der Waals surface area contributed by atoms with Gasteiger partial charge in [-0.15, -0.1) is 0 Å². The van der Waals surface area contributed by atoms with E-state index >= 15 is 0 Å². The summed E-state index contributed by atoms with van der Waals surface area (Å²) >= 11 is 0. The van der Waals surface area contributed by atoms with Crippen molar-refractivity contribution < 1.29 is 18.0 Å². The van der Waals surface area contributed by atoms with Crippen molar-refractivity contribution in [2.24, 2.45) is 16.5 Å². The van der Waals surface area contributed by atoms with Crippen LogP contribution in [0, 0.1) is 6.92 Å². The topological polar surface area (TPSA) is 81.5 Å². The molecule has 126 valence electrons. The predicted molar refractivity (Wildman–Crippen MR) is 84.9 cm³/mol. The van der Waals surface area contributed by atoms with Crippen LogP contribution in [0.3, 0.4) is 0 Å². The van der Waals surface area contributed by atoms with Gasteiger partial charge in [0.25, 0.3) is 5.91 Å². The molecule has 0 heterocycles.